The number of ether oxygens (including phenoxy) is 1. The van der Waals surface area contributed by atoms with Gasteiger partial charge in [0.15, 0.2) is 0 Å². The summed E-state index contributed by atoms with van der Waals surface area (Å²) in [6, 6.07) is 0.251. The van der Waals surface area contributed by atoms with E-state index in [0.717, 1.165) is 32.5 Å². The molecule has 8 nitrogen and oxygen atoms in total. The van der Waals surface area contributed by atoms with E-state index >= 15 is 0 Å². The normalized spacial score (nSPS) is 22.9. The quantitative estimate of drug-likeness (QED) is 0.552. The van der Waals surface area contributed by atoms with E-state index in [-0.39, 0.29) is 6.04 Å². The molecule has 3 heterocycles. The fourth-order valence-corrected chi connectivity index (χ4v) is 2.77. The molecule has 1 aromatic heterocycles. The van der Waals surface area contributed by atoms with Crippen LogP contribution in [-0.4, -0.2) is 47.3 Å². The van der Waals surface area contributed by atoms with Gasteiger partial charge in [-0.3, -0.25) is 5.43 Å². The molecule has 21 heavy (non-hydrogen) atoms. The molecule has 4 N–H and O–H groups in total. The highest BCUT2D eigenvalue weighted by atomic mass is 16.5. The number of hydrogen-bond donors (Lipinski definition) is 3. The molecule has 2 aliphatic rings. The molecule has 3 rings (SSSR count). The number of piperidine rings is 1. The highest BCUT2D eigenvalue weighted by molar-refractivity contribution is 5.44. The molecule has 0 aliphatic carbocycles. The van der Waals surface area contributed by atoms with Crippen molar-refractivity contribution in [2.75, 3.05) is 41.9 Å². The van der Waals surface area contributed by atoms with Crippen molar-refractivity contribution in [2.24, 2.45) is 5.84 Å². The first-order chi connectivity index (χ1) is 10.3. The molecule has 2 saturated heterocycles. The fourth-order valence-electron chi connectivity index (χ4n) is 2.77. The summed E-state index contributed by atoms with van der Waals surface area (Å²) in [6.07, 6.45) is 5.75. The molecular formula is C13H23N7O. The molecule has 8 heteroatoms. The Balaban J connectivity index is 1.75. The van der Waals surface area contributed by atoms with E-state index < -0.39 is 0 Å². The smallest absolute Gasteiger partial charge is 0.243 e. The van der Waals surface area contributed by atoms with E-state index in [4.69, 9.17) is 10.6 Å². The van der Waals surface area contributed by atoms with Crippen LogP contribution in [0.3, 0.4) is 0 Å². The number of nitrogens with zero attached hydrogens (tertiary/aromatic N) is 4. The third-order valence-corrected chi connectivity index (χ3v) is 3.89. The van der Waals surface area contributed by atoms with Crippen molar-refractivity contribution in [1.29, 1.82) is 0 Å². The predicted octanol–water partition coefficient (Wildman–Crippen LogP) is 0.738. The number of nitrogens with one attached hydrogen (secondary N) is 2. The first kappa shape index (κ1) is 14.3. The van der Waals surface area contributed by atoms with Gasteiger partial charge in [-0.15, -0.1) is 0 Å². The van der Waals surface area contributed by atoms with Gasteiger partial charge in [0.1, 0.15) is 0 Å². The van der Waals surface area contributed by atoms with Crippen molar-refractivity contribution >= 4 is 17.8 Å². The fraction of sp³-hybridized carbons (Fsp3) is 0.769. The summed E-state index contributed by atoms with van der Waals surface area (Å²) in [6.45, 7) is 3.50. The second-order valence-electron chi connectivity index (χ2n) is 5.53. The van der Waals surface area contributed by atoms with Crippen LogP contribution < -0.4 is 21.5 Å². The van der Waals surface area contributed by atoms with Crippen LogP contribution >= 0.6 is 0 Å². The van der Waals surface area contributed by atoms with Crippen molar-refractivity contribution < 1.29 is 4.74 Å². The van der Waals surface area contributed by atoms with Crippen molar-refractivity contribution in [3.63, 3.8) is 0 Å². The SMILES string of the molecule is NNc1nc(NC2CCCOC2)nc(N2CCCCC2)n1. The zero-order chi connectivity index (χ0) is 14.5. The third kappa shape index (κ3) is 3.70. The molecule has 2 aliphatic heterocycles. The highest BCUT2D eigenvalue weighted by Crippen LogP contribution is 2.19. The monoisotopic (exact) mass is 293 g/mol. The van der Waals surface area contributed by atoms with Crippen LogP contribution in [0.15, 0.2) is 0 Å². The Hall–Kier alpha value is -1.67. The summed E-state index contributed by atoms with van der Waals surface area (Å²) in [7, 11) is 0. The molecule has 0 aromatic carbocycles. The summed E-state index contributed by atoms with van der Waals surface area (Å²) >= 11 is 0. The van der Waals surface area contributed by atoms with Crippen molar-refractivity contribution in [2.45, 2.75) is 38.1 Å². The van der Waals surface area contributed by atoms with Crippen LogP contribution in [0.1, 0.15) is 32.1 Å². The minimum atomic E-state index is 0.251. The maximum atomic E-state index is 5.48. The molecule has 0 spiro atoms. The Kier molecular flexibility index (Phi) is 4.66. The van der Waals surface area contributed by atoms with Gasteiger partial charge >= 0.3 is 0 Å². The molecule has 0 bridgehead atoms. The van der Waals surface area contributed by atoms with Gasteiger partial charge in [-0.05, 0) is 32.1 Å². The number of rotatable bonds is 4. The third-order valence-electron chi connectivity index (χ3n) is 3.89. The van der Waals surface area contributed by atoms with Crippen molar-refractivity contribution in [1.82, 2.24) is 15.0 Å². The van der Waals surface area contributed by atoms with E-state index in [0.29, 0.717) is 24.5 Å². The second-order valence-corrected chi connectivity index (χ2v) is 5.53. The van der Waals surface area contributed by atoms with Gasteiger partial charge in [-0.1, -0.05) is 0 Å². The Morgan fingerprint density at radius 2 is 1.86 bits per heavy atom. The Labute approximate surface area is 124 Å². The average molecular weight is 293 g/mol. The Morgan fingerprint density at radius 3 is 2.57 bits per heavy atom. The zero-order valence-corrected chi connectivity index (χ0v) is 12.2. The predicted molar refractivity (Wildman–Crippen MR) is 81.2 cm³/mol. The van der Waals surface area contributed by atoms with Crippen LogP contribution in [0.4, 0.5) is 17.8 Å². The molecule has 1 unspecified atom stereocenters. The summed E-state index contributed by atoms with van der Waals surface area (Å²) in [5.41, 5.74) is 2.52. The second kappa shape index (κ2) is 6.86. The molecule has 0 saturated carbocycles. The summed E-state index contributed by atoms with van der Waals surface area (Å²) < 4.78 is 5.47. The molecule has 116 valence electrons. The molecule has 1 aromatic rings. The minimum Gasteiger partial charge on any atom is -0.379 e. The van der Waals surface area contributed by atoms with Crippen molar-refractivity contribution in [3.05, 3.63) is 0 Å². The maximum absolute atomic E-state index is 5.48. The molecule has 0 amide bonds. The van der Waals surface area contributed by atoms with Crippen molar-refractivity contribution in [3.8, 4) is 0 Å². The standard InChI is InChI=1S/C13H23N7O/c14-19-12-16-11(15-10-5-4-8-21-9-10)17-13(18-12)20-6-2-1-3-7-20/h10H,1-9,14H2,(H2,15,16,17,18,19). The zero-order valence-electron chi connectivity index (χ0n) is 12.2. The maximum Gasteiger partial charge on any atom is 0.243 e. The molecule has 2 fully saturated rings. The average Bonchev–Trinajstić information content (AvgIpc) is 2.56. The minimum absolute atomic E-state index is 0.251. The van der Waals surface area contributed by atoms with Crippen LogP contribution in [-0.2, 0) is 4.74 Å². The molecular weight excluding hydrogens is 270 g/mol. The van der Waals surface area contributed by atoms with Crippen LogP contribution in [0.5, 0.6) is 0 Å². The van der Waals surface area contributed by atoms with Gasteiger partial charge in [0.2, 0.25) is 17.8 Å². The van der Waals surface area contributed by atoms with Crippen LogP contribution in [0.2, 0.25) is 0 Å². The van der Waals surface area contributed by atoms with Crippen LogP contribution in [0, 0.1) is 0 Å². The van der Waals surface area contributed by atoms with Gasteiger partial charge in [0.05, 0.1) is 12.6 Å². The van der Waals surface area contributed by atoms with E-state index in [9.17, 15) is 0 Å². The van der Waals surface area contributed by atoms with E-state index in [1.165, 1.54) is 19.3 Å². The number of anilines is 3. The van der Waals surface area contributed by atoms with Gasteiger partial charge in [0.25, 0.3) is 0 Å². The van der Waals surface area contributed by atoms with Gasteiger partial charge in [-0.25, -0.2) is 5.84 Å². The van der Waals surface area contributed by atoms with Gasteiger partial charge < -0.3 is 15.0 Å². The van der Waals surface area contributed by atoms with E-state index in [1.807, 2.05) is 0 Å². The van der Waals surface area contributed by atoms with E-state index in [2.05, 4.69) is 30.6 Å². The number of nitrogen functional groups attached to an aromatic ring is 1. The lowest BCUT2D eigenvalue weighted by Gasteiger charge is -2.27. The number of hydrogen-bond acceptors (Lipinski definition) is 8. The first-order valence-corrected chi connectivity index (χ1v) is 7.67. The van der Waals surface area contributed by atoms with E-state index in [1.54, 1.807) is 0 Å². The van der Waals surface area contributed by atoms with Gasteiger partial charge in [-0.2, -0.15) is 15.0 Å². The molecule has 0 radical (unpaired) electrons. The summed E-state index contributed by atoms with van der Waals surface area (Å²) in [5, 5.41) is 3.33. The van der Waals surface area contributed by atoms with Gasteiger partial charge in [0, 0.05) is 19.7 Å². The number of hydrazine groups is 1. The summed E-state index contributed by atoms with van der Waals surface area (Å²) in [4.78, 5) is 15.4. The van der Waals surface area contributed by atoms with Crippen LogP contribution in [0.25, 0.3) is 0 Å². The molecule has 1 atom stereocenters. The topological polar surface area (TPSA) is 101 Å². The Bertz CT molecular complexity index is 458. The highest BCUT2D eigenvalue weighted by Gasteiger charge is 2.19. The Morgan fingerprint density at radius 1 is 1.05 bits per heavy atom. The lowest BCUT2D eigenvalue weighted by Crippen LogP contribution is -2.33. The summed E-state index contributed by atoms with van der Waals surface area (Å²) in [5.74, 6) is 7.13. The lowest BCUT2D eigenvalue weighted by atomic mass is 10.1. The number of nitrogens with two attached hydrogens (primary N) is 1. The lowest BCUT2D eigenvalue weighted by molar-refractivity contribution is 0.0874. The largest absolute Gasteiger partial charge is 0.379 e. The number of aromatic nitrogens is 3. The first-order valence-electron chi connectivity index (χ1n) is 7.67.